The van der Waals surface area contributed by atoms with Crippen LogP contribution in [0, 0.1) is 13.8 Å². The molecule has 3 rings (SSSR count). The van der Waals surface area contributed by atoms with E-state index in [4.69, 9.17) is 0 Å². The van der Waals surface area contributed by atoms with Gasteiger partial charge in [-0.05, 0) is 62.2 Å². The van der Waals surface area contributed by atoms with Crippen LogP contribution in [0.25, 0.3) is 11.3 Å². The molecule has 6 heteroatoms. The number of aryl methyl sites for hydroxylation is 2. The highest BCUT2D eigenvalue weighted by Crippen LogP contribution is 2.26. The summed E-state index contributed by atoms with van der Waals surface area (Å²) in [5, 5.41) is 2.90. The van der Waals surface area contributed by atoms with Crippen LogP contribution in [0.3, 0.4) is 0 Å². The second-order valence-corrected chi connectivity index (χ2v) is 7.13. The lowest BCUT2D eigenvalue weighted by Crippen LogP contribution is -2.28. The third-order valence-electron chi connectivity index (χ3n) is 5.06. The maximum Gasteiger partial charge on any atom is 0.253 e. The summed E-state index contributed by atoms with van der Waals surface area (Å²) in [6.45, 7) is 8.46. The average Bonchev–Trinajstić information content (AvgIpc) is 2.74. The number of nitrogens with zero attached hydrogens (tertiary/aromatic N) is 3. The largest absolute Gasteiger partial charge is 0.348 e. The van der Waals surface area contributed by atoms with Gasteiger partial charge in [-0.1, -0.05) is 12.1 Å². The maximum atomic E-state index is 12.4. The molecule has 0 spiro atoms. The first kappa shape index (κ1) is 21.2. The number of carbonyl (C=O) groups is 2. The van der Waals surface area contributed by atoms with Crippen molar-refractivity contribution < 1.29 is 9.59 Å². The molecule has 2 aromatic heterocycles. The fourth-order valence-electron chi connectivity index (χ4n) is 3.36. The van der Waals surface area contributed by atoms with Crippen LogP contribution < -0.4 is 10.2 Å². The zero-order valence-electron chi connectivity index (χ0n) is 17.8. The number of benzene rings is 1. The van der Waals surface area contributed by atoms with Gasteiger partial charge in [-0.15, -0.1) is 0 Å². The first-order valence-corrected chi connectivity index (χ1v) is 9.94. The predicted octanol–water partition coefficient (Wildman–Crippen LogP) is 4.06. The topological polar surface area (TPSA) is 75.2 Å². The van der Waals surface area contributed by atoms with Gasteiger partial charge in [0, 0.05) is 49.4 Å². The van der Waals surface area contributed by atoms with Gasteiger partial charge in [0.25, 0.3) is 5.91 Å². The number of aromatic nitrogens is 2. The third-order valence-corrected chi connectivity index (χ3v) is 5.06. The molecule has 1 N–H and O–H groups in total. The summed E-state index contributed by atoms with van der Waals surface area (Å²) >= 11 is 0. The van der Waals surface area contributed by atoms with Gasteiger partial charge in [-0.25, -0.2) is 0 Å². The molecule has 2 heterocycles. The smallest absolute Gasteiger partial charge is 0.253 e. The van der Waals surface area contributed by atoms with Gasteiger partial charge in [0.1, 0.15) is 0 Å². The molecule has 0 radical (unpaired) electrons. The Kier molecular flexibility index (Phi) is 6.57. The van der Waals surface area contributed by atoms with Crippen molar-refractivity contribution in [1.29, 1.82) is 0 Å². The summed E-state index contributed by atoms with van der Waals surface area (Å²) in [5.74, 6) is -0.160. The molecule has 3 aromatic rings. The molecule has 0 bridgehead atoms. The molecule has 154 valence electrons. The molecule has 0 aliphatic heterocycles. The van der Waals surface area contributed by atoms with Gasteiger partial charge in [0.15, 0.2) is 0 Å². The summed E-state index contributed by atoms with van der Waals surface area (Å²) in [6.07, 6.45) is 3.31. The van der Waals surface area contributed by atoms with Crippen LogP contribution in [-0.4, -0.2) is 28.3 Å². The third kappa shape index (κ3) is 4.71. The monoisotopic (exact) mass is 402 g/mol. The minimum atomic E-state index is -0.177. The normalized spacial score (nSPS) is 10.5. The van der Waals surface area contributed by atoms with Crippen LogP contribution in [0.1, 0.15) is 41.0 Å². The average molecular weight is 402 g/mol. The summed E-state index contributed by atoms with van der Waals surface area (Å²) in [7, 11) is 0. The molecule has 0 saturated carbocycles. The van der Waals surface area contributed by atoms with Gasteiger partial charge in [0.2, 0.25) is 5.91 Å². The second kappa shape index (κ2) is 9.31. The molecule has 0 aliphatic rings. The van der Waals surface area contributed by atoms with Gasteiger partial charge < -0.3 is 10.2 Å². The van der Waals surface area contributed by atoms with E-state index in [0.29, 0.717) is 18.7 Å². The quantitative estimate of drug-likeness (QED) is 0.675. The fraction of sp³-hybridized carbons (Fsp3) is 0.250. The number of anilines is 1. The van der Waals surface area contributed by atoms with Crippen molar-refractivity contribution in [3.8, 4) is 11.3 Å². The first-order chi connectivity index (χ1) is 14.4. The van der Waals surface area contributed by atoms with E-state index in [0.717, 1.165) is 33.8 Å². The summed E-state index contributed by atoms with van der Waals surface area (Å²) in [4.78, 5) is 34.7. The minimum Gasteiger partial charge on any atom is -0.348 e. The van der Waals surface area contributed by atoms with E-state index in [1.165, 1.54) is 0 Å². The SMILES string of the molecule is CCN(C(C)=O)c1ccc(-c2ccc(C(=O)NCc3cccnc3C)cn2)cc1C. The van der Waals surface area contributed by atoms with Crippen molar-refractivity contribution in [3.63, 3.8) is 0 Å². The van der Waals surface area contributed by atoms with E-state index in [1.54, 1.807) is 30.3 Å². The molecular formula is C24H26N4O2. The Morgan fingerprint density at radius 1 is 1.07 bits per heavy atom. The number of hydrogen-bond donors (Lipinski definition) is 1. The van der Waals surface area contributed by atoms with Crippen molar-refractivity contribution in [2.24, 2.45) is 0 Å². The van der Waals surface area contributed by atoms with E-state index < -0.39 is 0 Å². The van der Waals surface area contributed by atoms with E-state index in [-0.39, 0.29) is 11.8 Å². The Bertz CT molecular complexity index is 1060. The number of carbonyl (C=O) groups excluding carboxylic acids is 2. The number of pyridine rings is 2. The Labute approximate surface area is 177 Å². The van der Waals surface area contributed by atoms with Crippen LogP contribution in [-0.2, 0) is 11.3 Å². The minimum absolute atomic E-state index is 0.0170. The Morgan fingerprint density at radius 2 is 1.87 bits per heavy atom. The molecule has 0 saturated heterocycles. The van der Waals surface area contributed by atoms with Gasteiger partial charge in [-0.3, -0.25) is 19.6 Å². The Morgan fingerprint density at radius 3 is 2.47 bits per heavy atom. The van der Waals surface area contributed by atoms with Crippen LogP contribution in [0.15, 0.2) is 54.9 Å². The van der Waals surface area contributed by atoms with Crippen molar-refractivity contribution in [1.82, 2.24) is 15.3 Å². The zero-order valence-corrected chi connectivity index (χ0v) is 17.8. The molecule has 1 aromatic carbocycles. The summed E-state index contributed by atoms with van der Waals surface area (Å²) in [6, 6.07) is 13.3. The molecule has 0 atom stereocenters. The molecular weight excluding hydrogens is 376 g/mol. The standard InChI is InChI=1S/C24H26N4O2/c1-5-28(18(4)29)23-11-9-19(13-16(23)2)22-10-8-21(15-26-22)24(30)27-14-20-7-6-12-25-17(20)3/h6-13,15H,5,14H2,1-4H3,(H,27,30). The Balaban J connectivity index is 1.72. The maximum absolute atomic E-state index is 12.4. The lowest BCUT2D eigenvalue weighted by molar-refractivity contribution is -0.116. The zero-order chi connectivity index (χ0) is 21.7. The van der Waals surface area contributed by atoms with E-state index >= 15 is 0 Å². The number of hydrogen-bond acceptors (Lipinski definition) is 4. The van der Waals surface area contributed by atoms with Gasteiger partial charge in [-0.2, -0.15) is 0 Å². The molecule has 0 aliphatic carbocycles. The van der Waals surface area contributed by atoms with E-state index in [9.17, 15) is 9.59 Å². The van der Waals surface area contributed by atoms with Gasteiger partial charge >= 0.3 is 0 Å². The van der Waals surface area contributed by atoms with Crippen molar-refractivity contribution in [3.05, 3.63) is 77.2 Å². The summed E-state index contributed by atoms with van der Waals surface area (Å²) in [5.41, 5.74) is 6.00. The number of rotatable bonds is 6. The highest BCUT2D eigenvalue weighted by atomic mass is 16.2. The van der Waals surface area contributed by atoms with Crippen LogP contribution >= 0.6 is 0 Å². The van der Waals surface area contributed by atoms with Crippen molar-refractivity contribution >= 4 is 17.5 Å². The van der Waals surface area contributed by atoms with Crippen LogP contribution in [0.2, 0.25) is 0 Å². The summed E-state index contributed by atoms with van der Waals surface area (Å²) < 4.78 is 0. The molecule has 30 heavy (non-hydrogen) atoms. The Hall–Kier alpha value is -3.54. The molecule has 0 fully saturated rings. The molecule has 2 amide bonds. The fourth-order valence-corrected chi connectivity index (χ4v) is 3.36. The highest BCUT2D eigenvalue weighted by Gasteiger charge is 2.13. The lowest BCUT2D eigenvalue weighted by Gasteiger charge is -2.21. The highest BCUT2D eigenvalue weighted by molar-refractivity contribution is 5.94. The van der Waals surface area contributed by atoms with Crippen LogP contribution in [0.5, 0.6) is 0 Å². The first-order valence-electron chi connectivity index (χ1n) is 9.94. The van der Waals surface area contributed by atoms with Crippen LogP contribution in [0.4, 0.5) is 5.69 Å². The molecule has 0 unspecified atom stereocenters. The number of amides is 2. The van der Waals surface area contributed by atoms with E-state index in [2.05, 4.69) is 15.3 Å². The van der Waals surface area contributed by atoms with Gasteiger partial charge in [0.05, 0.1) is 11.3 Å². The number of nitrogens with one attached hydrogen (secondary N) is 1. The van der Waals surface area contributed by atoms with E-state index in [1.807, 2.05) is 57.2 Å². The second-order valence-electron chi connectivity index (χ2n) is 7.13. The van der Waals surface area contributed by atoms with Crippen molar-refractivity contribution in [2.45, 2.75) is 34.2 Å². The lowest BCUT2D eigenvalue weighted by atomic mass is 10.0. The van der Waals surface area contributed by atoms with Crippen molar-refractivity contribution in [2.75, 3.05) is 11.4 Å². The molecule has 6 nitrogen and oxygen atoms in total. The predicted molar refractivity (Wildman–Crippen MR) is 118 cm³/mol.